The Labute approximate surface area is 92.3 Å². The lowest BCUT2D eigenvalue weighted by molar-refractivity contribution is -0.122. The first kappa shape index (κ1) is 9.99. The molecule has 0 radical (unpaired) electrons. The smallest absolute Gasteiger partial charge is 0.223 e. The van der Waals surface area contributed by atoms with Gasteiger partial charge in [-0.2, -0.15) is 0 Å². The van der Waals surface area contributed by atoms with Gasteiger partial charge in [0, 0.05) is 17.3 Å². The van der Waals surface area contributed by atoms with Gasteiger partial charge in [0.2, 0.25) is 5.91 Å². The molecule has 0 aromatic carbocycles. The normalized spacial score (nSPS) is 15.5. The van der Waals surface area contributed by atoms with E-state index < -0.39 is 0 Å². The molecule has 1 fully saturated rings. The van der Waals surface area contributed by atoms with Crippen LogP contribution in [0.25, 0.3) is 0 Å². The minimum absolute atomic E-state index is 0.215. The van der Waals surface area contributed by atoms with Gasteiger partial charge in [0.25, 0.3) is 0 Å². The van der Waals surface area contributed by atoms with Gasteiger partial charge in [0.1, 0.15) is 0 Å². The lowest BCUT2D eigenvalue weighted by Gasteiger charge is -2.01. The maximum atomic E-state index is 11.3. The highest BCUT2D eigenvalue weighted by Gasteiger charge is 2.28. The molecule has 0 unspecified atom stereocenters. The molecular weight excluding hydrogens is 218 g/mol. The number of carbonyl (C=O) groups is 1. The lowest BCUT2D eigenvalue weighted by Crippen LogP contribution is -2.26. The molecule has 0 aliphatic heterocycles. The van der Waals surface area contributed by atoms with E-state index >= 15 is 0 Å². The summed E-state index contributed by atoms with van der Waals surface area (Å²) in [6.45, 7) is 0.728. The standard InChI is InChI=1S/C10H12ClNOS/c11-9-4-3-8(14-9)5-6-12-10(13)7-1-2-7/h3-4,7H,1-2,5-6H2,(H,12,13). The minimum atomic E-state index is 0.215. The van der Waals surface area contributed by atoms with Crippen LogP contribution in [0.3, 0.4) is 0 Å². The van der Waals surface area contributed by atoms with Gasteiger partial charge in [-0.1, -0.05) is 11.6 Å². The molecular formula is C10H12ClNOS. The monoisotopic (exact) mass is 229 g/mol. The zero-order valence-corrected chi connectivity index (χ0v) is 9.33. The summed E-state index contributed by atoms with van der Waals surface area (Å²) in [5, 5.41) is 2.93. The molecule has 1 saturated carbocycles. The van der Waals surface area contributed by atoms with E-state index in [1.807, 2.05) is 12.1 Å². The number of nitrogens with one attached hydrogen (secondary N) is 1. The van der Waals surface area contributed by atoms with Gasteiger partial charge in [-0.05, 0) is 31.4 Å². The van der Waals surface area contributed by atoms with Crippen LogP contribution in [0.5, 0.6) is 0 Å². The van der Waals surface area contributed by atoms with Crippen molar-refractivity contribution in [1.29, 1.82) is 0 Å². The molecule has 1 N–H and O–H groups in total. The second kappa shape index (κ2) is 4.32. The number of hydrogen-bond acceptors (Lipinski definition) is 2. The zero-order chi connectivity index (χ0) is 9.97. The van der Waals surface area contributed by atoms with Crippen molar-refractivity contribution in [3.05, 3.63) is 21.3 Å². The first-order valence-electron chi connectivity index (χ1n) is 4.77. The molecule has 1 aromatic rings. The second-order valence-electron chi connectivity index (χ2n) is 3.52. The molecule has 1 aliphatic rings. The molecule has 1 aromatic heterocycles. The highest BCUT2D eigenvalue weighted by atomic mass is 35.5. The predicted molar refractivity (Wildman–Crippen MR) is 58.8 cm³/mol. The van der Waals surface area contributed by atoms with E-state index in [4.69, 9.17) is 11.6 Å². The Kier molecular flexibility index (Phi) is 3.08. The van der Waals surface area contributed by atoms with Crippen LogP contribution in [-0.4, -0.2) is 12.5 Å². The van der Waals surface area contributed by atoms with Gasteiger partial charge >= 0.3 is 0 Å². The summed E-state index contributed by atoms with van der Waals surface area (Å²) in [5.41, 5.74) is 0. The van der Waals surface area contributed by atoms with Crippen molar-refractivity contribution in [3.8, 4) is 0 Å². The summed E-state index contributed by atoms with van der Waals surface area (Å²) in [6, 6.07) is 3.90. The molecule has 1 amide bonds. The first-order chi connectivity index (χ1) is 6.75. The Bertz CT molecular complexity index is 333. The number of thiophene rings is 1. The highest BCUT2D eigenvalue weighted by Crippen LogP contribution is 2.28. The summed E-state index contributed by atoms with van der Waals surface area (Å²) >= 11 is 7.37. The van der Waals surface area contributed by atoms with E-state index in [-0.39, 0.29) is 5.91 Å². The van der Waals surface area contributed by atoms with Gasteiger partial charge in [0.15, 0.2) is 0 Å². The van der Waals surface area contributed by atoms with E-state index in [2.05, 4.69) is 5.32 Å². The number of amides is 1. The Balaban J connectivity index is 1.69. The van der Waals surface area contributed by atoms with Crippen molar-refractivity contribution in [1.82, 2.24) is 5.32 Å². The molecule has 2 rings (SSSR count). The summed E-state index contributed by atoms with van der Waals surface area (Å²) in [7, 11) is 0. The van der Waals surface area contributed by atoms with Crippen molar-refractivity contribution in [2.45, 2.75) is 19.3 Å². The van der Waals surface area contributed by atoms with Crippen molar-refractivity contribution in [2.75, 3.05) is 6.54 Å². The maximum absolute atomic E-state index is 11.3. The van der Waals surface area contributed by atoms with Gasteiger partial charge in [0.05, 0.1) is 4.34 Å². The van der Waals surface area contributed by atoms with E-state index in [0.29, 0.717) is 5.92 Å². The summed E-state index contributed by atoms with van der Waals surface area (Å²) in [5.74, 6) is 0.523. The topological polar surface area (TPSA) is 29.1 Å². The average Bonchev–Trinajstić information content (AvgIpc) is 2.92. The number of carbonyl (C=O) groups excluding carboxylic acids is 1. The zero-order valence-electron chi connectivity index (χ0n) is 7.75. The fourth-order valence-electron chi connectivity index (χ4n) is 1.28. The molecule has 76 valence electrons. The second-order valence-corrected chi connectivity index (χ2v) is 5.32. The molecule has 0 atom stereocenters. The fourth-order valence-corrected chi connectivity index (χ4v) is 2.37. The highest BCUT2D eigenvalue weighted by molar-refractivity contribution is 7.16. The van der Waals surface area contributed by atoms with E-state index in [0.717, 1.165) is 30.1 Å². The van der Waals surface area contributed by atoms with Crippen molar-refractivity contribution < 1.29 is 4.79 Å². The largest absolute Gasteiger partial charge is 0.356 e. The summed E-state index contributed by atoms with van der Waals surface area (Å²) in [4.78, 5) is 12.5. The Hall–Kier alpha value is -0.540. The van der Waals surface area contributed by atoms with Gasteiger partial charge in [-0.15, -0.1) is 11.3 Å². The molecule has 1 aliphatic carbocycles. The average molecular weight is 230 g/mol. The van der Waals surface area contributed by atoms with E-state index in [1.54, 1.807) is 11.3 Å². The van der Waals surface area contributed by atoms with Crippen molar-refractivity contribution in [3.63, 3.8) is 0 Å². The molecule has 1 heterocycles. The third kappa shape index (κ3) is 2.72. The van der Waals surface area contributed by atoms with Crippen LogP contribution in [0.1, 0.15) is 17.7 Å². The molecule has 14 heavy (non-hydrogen) atoms. The van der Waals surface area contributed by atoms with Crippen LogP contribution in [0.15, 0.2) is 12.1 Å². The van der Waals surface area contributed by atoms with Crippen molar-refractivity contribution in [2.24, 2.45) is 5.92 Å². The number of hydrogen-bond donors (Lipinski definition) is 1. The van der Waals surface area contributed by atoms with Crippen LogP contribution in [0.4, 0.5) is 0 Å². The molecule has 0 saturated heterocycles. The molecule has 4 heteroatoms. The Morgan fingerprint density at radius 3 is 2.93 bits per heavy atom. The third-order valence-electron chi connectivity index (χ3n) is 2.25. The molecule has 2 nitrogen and oxygen atoms in total. The lowest BCUT2D eigenvalue weighted by atomic mass is 10.3. The van der Waals surface area contributed by atoms with Crippen molar-refractivity contribution >= 4 is 28.8 Å². The van der Waals surface area contributed by atoms with Gasteiger partial charge in [-0.3, -0.25) is 4.79 Å². The fraction of sp³-hybridized carbons (Fsp3) is 0.500. The molecule has 0 spiro atoms. The van der Waals surface area contributed by atoms with Gasteiger partial charge < -0.3 is 5.32 Å². The van der Waals surface area contributed by atoms with E-state index in [9.17, 15) is 4.79 Å². The van der Waals surface area contributed by atoms with E-state index in [1.165, 1.54) is 4.88 Å². The third-order valence-corrected chi connectivity index (χ3v) is 3.54. The Morgan fingerprint density at radius 1 is 1.57 bits per heavy atom. The maximum Gasteiger partial charge on any atom is 0.223 e. The van der Waals surface area contributed by atoms with Crippen LogP contribution < -0.4 is 5.32 Å². The number of halogens is 1. The van der Waals surface area contributed by atoms with Crippen LogP contribution in [0, 0.1) is 5.92 Å². The number of rotatable bonds is 4. The SMILES string of the molecule is O=C(NCCc1ccc(Cl)s1)C1CC1. The summed E-state index contributed by atoms with van der Waals surface area (Å²) < 4.78 is 0.813. The van der Waals surface area contributed by atoms with Gasteiger partial charge in [-0.25, -0.2) is 0 Å². The predicted octanol–water partition coefficient (Wildman–Crippen LogP) is 2.47. The summed E-state index contributed by atoms with van der Waals surface area (Å²) in [6.07, 6.45) is 3.02. The van der Waals surface area contributed by atoms with Crippen LogP contribution in [-0.2, 0) is 11.2 Å². The Morgan fingerprint density at radius 2 is 2.36 bits per heavy atom. The first-order valence-corrected chi connectivity index (χ1v) is 5.97. The van der Waals surface area contributed by atoms with Crippen LogP contribution >= 0.6 is 22.9 Å². The molecule has 0 bridgehead atoms. The quantitative estimate of drug-likeness (QED) is 0.845. The van der Waals surface area contributed by atoms with Crippen LogP contribution in [0.2, 0.25) is 4.34 Å². The minimum Gasteiger partial charge on any atom is -0.356 e.